The monoisotopic (exact) mass is 407 g/mol. The zero-order valence-electron chi connectivity index (χ0n) is 16.3. The van der Waals surface area contributed by atoms with Gasteiger partial charge in [0.25, 0.3) is 5.56 Å². The average molecular weight is 407 g/mol. The van der Waals surface area contributed by atoms with Crippen LogP contribution in [0, 0.1) is 0 Å². The van der Waals surface area contributed by atoms with Crippen molar-refractivity contribution in [2.45, 2.75) is 12.8 Å². The van der Waals surface area contributed by atoms with Crippen LogP contribution in [0.15, 0.2) is 41.2 Å². The van der Waals surface area contributed by atoms with Crippen molar-refractivity contribution >= 4 is 39.1 Å². The molecular formula is C22H21N3O3S. The molecule has 0 bridgehead atoms. The van der Waals surface area contributed by atoms with Crippen molar-refractivity contribution in [3.05, 3.63) is 56.8 Å². The summed E-state index contributed by atoms with van der Waals surface area (Å²) in [5.74, 6) is 1.51. The van der Waals surface area contributed by atoms with E-state index in [1.165, 1.54) is 24.2 Å². The summed E-state index contributed by atoms with van der Waals surface area (Å²) < 4.78 is 13.6. The van der Waals surface area contributed by atoms with Crippen LogP contribution in [0.3, 0.4) is 0 Å². The van der Waals surface area contributed by atoms with Gasteiger partial charge < -0.3 is 14.4 Å². The third-order valence-electron chi connectivity index (χ3n) is 5.41. The minimum absolute atomic E-state index is 0.0664. The van der Waals surface area contributed by atoms with E-state index in [0.29, 0.717) is 9.49 Å². The Morgan fingerprint density at radius 3 is 2.59 bits per heavy atom. The van der Waals surface area contributed by atoms with Crippen LogP contribution in [-0.2, 0) is 0 Å². The van der Waals surface area contributed by atoms with E-state index in [4.69, 9.17) is 9.47 Å². The highest BCUT2D eigenvalue weighted by Gasteiger charge is 2.19. The lowest BCUT2D eigenvalue weighted by Crippen LogP contribution is -2.23. The maximum Gasteiger partial charge on any atom is 0.274 e. The molecule has 0 N–H and O–H groups in total. The summed E-state index contributed by atoms with van der Waals surface area (Å²) in [7, 11) is 3.33. The molecule has 1 aliphatic heterocycles. The van der Waals surface area contributed by atoms with Crippen LogP contribution in [0.25, 0.3) is 22.1 Å². The molecule has 6 nitrogen and oxygen atoms in total. The molecule has 0 radical (unpaired) electrons. The van der Waals surface area contributed by atoms with Crippen molar-refractivity contribution in [2.24, 2.45) is 0 Å². The van der Waals surface area contributed by atoms with Crippen molar-refractivity contribution in [2.75, 3.05) is 32.2 Å². The molecule has 5 rings (SSSR count). The summed E-state index contributed by atoms with van der Waals surface area (Å²) in [5.41, 5.74) is 3.45. The number of benzene rings is 2. The molecule has 0 spiro atoms. The van der Waals surface area contributed by atoms with Gasteiger partial charge in [-0.1, -0.05) is 23.5 Å². The Labute approximate surface area is 171 Å². The van der Waals surface area contributed by atoms with Crippen molar-refractivity contribution in [1.29, 1.82) is 0 Å². The van der Waals surface area contributed by atoms with Gasteiger partial charge in [0, 0.05) is 24.7 Å². The van der Waals surface area contributed by atoms with Gasteiger partial charge in [0.2, 0.25) is 0 Å². The minimum atomic E-state index is -0.0664. The Kier molecular flexibility index (Phi) is 4.39. The van der Waals surface area contributed by atoms with Crippen LogP contribution in [0.5, 0.6) is 11.5 Å². The van der Waals surface area contributed by atoms with Gasteiger partial charge in [0.15, 0.2) is 4.96 Å². The highest BCUT2D eigenvalue weighted by Crippen LogP contribution is 2.37. The van der Waals surface area contributed by atoms with E-state index in [0.717, 1.165) is 46.9 Å². The average Bonchev–Trinajstić information content (AvgIpc) is 3.45. The largest absolute Gasteiger partial charge is 0.496 e. The Morgan fingerprint density at radius 1 is 1.07 bits per heavy atom. The molecule has 148 valence electrons. The van der Waals surface area contributed by atoms with E-state index < -0.39 is 0 Å². The van der Waals surface area contributed by atoms with Gasteiger partial charge in [0.05, 0.1) is 35.5 Å². The van der Waals surface area contributed by atoms with Gasteiger partial charge in [-0.25, -0.2) is 9.38 Å². The van der Waals surface area contributed by atoms with Gasteiger partial charge in [-0.3, -0.25) is 4.79 Å². The quantitative estimate of drug-likeness (QED) is 0.520. The highest BCUT2D eigenvalue weighted by molar-refractivity contribution is 7.15. The van der Waals surface area contributed by atoms with E-state index in [-0.39, 0.29) is 5.56 Å². The zero-order valence-corrected chi connectivity index (χ0v) is 17.2. The number of nitrogens with zero attached hydrogens (tertiary/aromatic N) is 3. The minimum Gasteiger partial charge on any atom is -0.496 e. The normalized spacial score (nSPS) is 15.0. The number of anilines is 1. The van der Waals surface area contributed by atoms with Gasteiger partial charge in [-0.15, -0.1) is 0 Å². The smallest absolute Gasteiger partial charge is 0.274 e. The number of rotatable bonds is 4. The summed E-state index contributed by atoms with van der Waals surface area (Å²) in [6.45, 7) is 2.03. The van der Waals surface area contributed by atoms with Gasteiger partial charge >= 0.3 is 0 Å². The van der Waals surface area contributed by atoms with Crippen LogP contribution in [-0.4, -0.2) is 36.7 Å². The van der Waals surface area contributed by atoms with Crippen LogP contribution in [0.4, 0.5) is 5.69 Å². The molecule has 0 aliphatic carbocycles. The third-order valence-corrected chi connectivity index (χ3v) is 6.38. The first-order valence-corrected chi connectivity index (χ1v) is 10.4. The summed E-state index contributed by atoms with van der Waals surface area (Å²) in [5, 5.41) is 0. The Hall–Kier alpha value is -3.06. The van der Waals surface area contributed by atoms with E-state index in [2.05, 4.69) is 9.88 Å². The molecule has 29 heavy (non-hydrogen) atoms. The predicted octanol–water partition coefficient (Wildman–Crippen LogP) is 3.07. The van der Waals surface area contributed by atoms with Crippen LogP contribution < -0.4 is 24.5 Å². The summed E-state index contributed by atoms with van der Waals surface area (Å²) in [6, 6.07) is 11.6. The summed E-state index contributed by atoms with van der Waals surface area (Å²) in [6.07, 6.45) is 4.23. The second-order valence-electron chi connectivity index (χ2n) is 7.09. The number of hydrogen-bond donors (Lipinski definition) is 0. The molecule has 7 heteroatoms. The molecular weight excluding hydrogens is 386 g/mol. The molecule has 4 aromatic rings. The fraction of sp³-hybridized carbons (Fsp3) is 0.273. The van der Waals surface area contributed by atoms with Gasteiger partial charge in [0.1, 0.15) is 11.5 Å². The molecule has 0 unspecified atom stereocenters. The van der Waals surface area contributed by atoms with Gasteiger partial charge in [-0.2, -0.15) is 0 Å². The molecule has 0 amide bonds. The number of imidazole rings is 1. The number of methoxy groups -OCH3 is 2. The second kappa shape index (κ2) is 7.08. The molecule has 1 aliphatic rings. The second-order valence-corrected chi connectivity index (χ2v) is 8.10. The zero-order chi connectivity index (χ0) is 20.0. The molecule has 0 saturated carbocycles. The van der Waals surface area contributed by atoms with Crippen molar-refractivity contribution in [3.63, 3.8) is 0 Å². The first-order valence-electron chi connectivity index (χ1n) is 9.62. The van der Waals surface area contributed by atoms with Crippen molar-refractivity contribution in [3.8, 4) is 11.5 Å². The molecule has 2 aromatic heterocycles. The SMILES string of the molecule is COc1cc(N2CCCC2)c(OC)cc1/C=c1\sc2nc3ccccc3n2c1=O. The van der Waals surface area contributed by atoms with E-state index in [1.54, 1.807) is 18.6 Å². The standard InChI is InChI=1S/C22H21N3O3S/c1-27-18-13-17(24-9-5-6-10-24)19(28-2)11-14(18)12-20-21(26)25-16-8-4-3-7-15(16)23-22(25)29-20/h3-4,7-8,11-13H,5-6,9-10H2,1-2H3/b20-12-. The van der Waals surface area contributed by atoms with Crippen molar-refractivity contribution < 1.29 is 9.47 Å². The number of hydrogen-bond acceptors (Lipinski definition) is 6. The first kappa shape index (κ1) is 18.0. The molecule has 0 atom stereocenters. The van der Waals surface area contributed by atoms with Crippen LogP contribution in [0.2, 0.25) is 0 Å². The topological polar surface area (TPSA) is 56.1 Å². The summed E-state index contributed by atoms with van der Waals surface area (Å²) in [4.78, 5) is 20.7. The maximum atomic E-state index is 13.1. The van der Waals surface area contributed by atoms with Crippen molar-refractivity contribution in [1.82, 2.24) is 9.38 Å². The number of para-hydroxylation sites is 2. The molecule has 2 aromatic carbocycles. The lowest BCUT2D eigenvalue weighted by atomic mass is 10.1. The highest BCUT2D eigenvalue weighted by atomic mass is 32.1. The molecule has 3 heterocycles. The number of fused-ring (bicyclic) bond motifs is 3. The fourth-order valence-electron chi connectivity index (χ4n) is 3.98. The van der Waals surface area contributed by atoms with Crippen LogP contribution >= 0.6 is 11.3 Å². The number of ether oxygens (including phenoxy) is 2. The summed E-state index contributed by atoms with van der Waals surface area (Å²) >= 11 is 1.38. The predicted molar refractivity (Wildman–Crippen MR) is 117 cm³/mol. The maximum absolute atomic E-state index is 13.1. The van der Waals surface area contributed by atoms with E-state index in [9.17, 15) is 4.79 Å². The van der Waals surface area contributed by atoms with E-state index >= 15 is 0 Å². The Balaban J connectivity index is 1.68. The molecule has 1 saturated heterocycles. The van der Waals surface area contributed by atoms with Gasteiger partial charge in [-0.05, 0) is 37.1 Å². The molecule has 1 fully saturated rings. The first-order chi connectivity index (χ1) is 14.2. The lowest BCUT2D eigenvalue weighted by Gasteiger charge is -2.22. The van der Waals surface area contributed by atoms with Crippen LogP contribution in [0.1, 0.15) is 18.4 Å². The third kappa shape index (κ3) is 2.93. The number of thiazole rings is 1. The fourth-order valence-corrected chi connectivity index (χ4v) is 4.95. The van der Waals surface area contributed by atoms with E-state index in [1.807, 2.05) is 42.5 Å². The Morgan fingerprint density at radius 2 is 1.83 bits per heavy atom. The number of aromatic nitrogens is 2. The Bertz CT molecular complexity index is 1320. The lowest BCUT2D eigenvalue weighted by molar-refractivity contribution is 0.402.